The van der Waals surface area contributed by atoms with Crippen molar-refractivity contribution in [3.05, 3.63) is 59.2 Å². The predicted molar refractivity (Wildman–Crippen MR) is 108 cm³/mol. The van der Waals surface area contributed by atoms with Gasteiger partial charge in [-0.25, -0.2) is 4.79 Å². The highest BCUT2D eigenvalue weighted by molar-refractivity contribution is 7.90. The summed E-state index contributed by atoms with van der Waals surface area (Å²) in [6.45, 7) is 1.81. The Balaban J connectivity index is 2.21. The van der Waals surface area contributed by atoms with Crippen molar-refractivity contribution in [3.8, 4) is 0 Å². The number of hydrogen-bond acceptors (Lipinski definition) is 5. The first-order valence-electron chi connectivity index (χ1n) is 8.34. The molecule has 0 spiro atoms. The minimum Gasteiger partial charge on any atom is -0.465 e. The van der Waals surface area contributed by atoms with E-state index in [1.807, 2.05) is 0 Å². The zero-order chi connectivity index (χ0) is 21.1. The first-order chi connectivity index (χ1) is 13.1. The molecule has 28 heavy (non-hydrogen) atoms. The fourth-order valence-electron chi connectivity index (χ4n) is 2.40. The van der Waals surface area contributed by atoms with Crippen LogP contribution in [0.4, 0.5) is 11.4 Å². The summed E-state index contributed by atoms with van der Waals surface area (Å²) in [6, 6.07) is 11.0. The number of rotatable bonds is 6. The van der Waals surface area contributed by atoms with Crippen molar-refractivity contribution in [1.82, 2.24) is 4.31 Å². The lowest BCUT2D eigenvalue weighted by molar-refractivity contribution is 0.0600. The van der Waals surface area contributed by atoms with E-state index in [0.717, 1.165) is 14.2 Å². The van der Waals surface area contributed by atoms with E-state index in [0.29, 0.717) is 22.5 Å². The summed E-state index contributed by atoms with van der Waals surface area (Å²) in [4.78, 5) is 24.2. The van der Waals surface area contributed by atoms with Gasteiger partial charge < -0.3 is 10.1 Å². The van der Waals surface area contributed by atoms with Gasteiger partial charge in [-0.3, -0.25) is 9.10 Å². The third-order valence-corrected chi connectivity index (χ3v) is 6.03. The van der Waals surface area contributed by atoms with Crippen molar-refractivity contribution in [3.63, 3.8) is 0 Å². The predicted octanol–water partition coefficient (Wildman–Crippen LogP) is 2.28. The van der Waals surface area contributed by atoms with Crippen LogP contribution in [0.15, 0.2) is 42.5 Å². The van der Waals surface area contributed by atoms with E-state index in [9.17, 15) is 18.0 Å². The van der Waals surface area contributed by atoms with Crippen LogP contribution >= 0.6 is 0 Å². The smallest absolute Gasteiger partial charge is 0.337 e. The van der Waals surface area contributed by atoms with Gasteiger partial charge in [-0.15, -0.1) is 0 Å². The molecule has 8 nitrogen and oxygen atoms in total. The van der Waals surface area contributed by atoms with Crippen LogP contribution in [0.3, 0.4) is 0 Å². The fraction of sp³-hybridized carbons (Fsp3) is 0.263. The van der Waals surface area contributed by atoms with Crippen molar-refractivity contribution in [2.75, 3.05) is 37.9 Å². The van der Waals surface area contributed by atoms with E-state index < -0.39 is 16.2 Å². The Labute approximate surface area is 164 Å². The minimum atomic E-state index is -3.61. The molecule has 0 fully saturated rings. The lowest BCUT2D eigenvalue weighted by atomic mass is 10.1. The first kappa shape index (κ1) is 21.4. The number of esters is 1. The molecule has 0 radical (unpaired) electrons. The van der Waals surface area contributed by atoms with Gasteiger partial charge in [-0.05, 0) is 48.9 Å². The van der Waals surface area contributed by atoms with E-state index >= 15 is 0 Å². The van der Waals surface area contributed by atoms with E-state index in [1.165, 1.54) is 40.4 Å². The summed E-state index contributed by atoms with van der Waals surface area (Å²) in [5.41, 5.74) is 2.38. The van der Waals surface area contributed by atoms with Crippen molar-refractivity contribution in [2.45, 2.75) is 6.92 Å². The average molecular weight is 405 g/mol. The highest BCUT2D eigenvalue weighted by Gasteiger charge is 2.21. The number of hydrogen-bond donors (Lipinski definition) is 1. The van der Waals surface area contributed by atoms with E-state index in [1.54, 1.807) is 37.3 Å². The Kier molecular flexibility index (Phi) is 6.42. The Morgan fingerprint density at radius 3 is 2.07 bits per heavy atom. The number of nitrogens with one attached hydrogen (secondary N) is 1. The van der Waals surface area contributed by atoms with Crippen LogP contribution in [0, 0.1) is 6.92 Å². The lowest BCUT2D eigenvalue weighted by Crippen LogP contribution is -2.37. The SMILES string of the molecule is COC(=O)c1ccc(C)c(NC(=O)c2ccc(N(C)S(=O)(=O)N(C)C)cc2)c1. The third kappa shape index (κ3) is 4.49. The van der Waals surface area contributed by atoms with Gasteiger partial charge in [-0.1, -0.05) is 6.07 Å². The van der Waals surface area contributed by atoms with Gasteiger partial charge in [0.15, 0.2) is 0 Å². The zero-order valence-corrected chi connectivity index (χ0v) is 17.2. The topological polar surface area (TPSA) is 96.0 Å². The number of amides is 1. The molecule has 2 aromatic carbocycles. The van der Waals surface area contributed by atoms with Crippen molar-refractivity contribution < 1.29 is 22.7 Å². The van der Waals surface area contributed by atoms with Crippen LogP contribution in [0.5, 0.6) is 0 Å². The molecule has 2 rings (SSSR count). The molecule has 150 valence electrons. The molecule has 0 heterocycles. The second-order valence-electron chi connectivity index (χ2n) is 6.28. The summed E-state index contributed by atoms with van der Waals surface area (Å²) in [5, 5.41) is 2.76. The number of ether oxygens (including phenoxy) is 1. The molecule has 0 aliphatic carbocycles. The molecule has 1 amide bonds. The number of methoxy groups -OCH3 is 1. The molecule has 0 unspecified atom stereocenters. The molecule has 0 saturated carbocycles. The second kappa shape index (κ2) is 8.41. The Bertz CT molecular complexity index is 985. The highest BCUT2D eigenvalue weighted by atomic mass is 32.2. The normalized spacial score (nSPS) is 11.2. The molecule has 1 N–H and O–H groups in total. The van der Waals surface area contributed by atoms with Crippen molar-refractivity contribution in [1.29, 1.82) is 0 Å². The molecule has 0 atom stereocenters. The van der Waals surface area contributed by atoms with E-state index in [2.05, 4.69) is 5.32 Å². The van der Waals surface area contributed by atoms with Gasteiger partial charge in [0.05, 0.1) is 18.4 Å². The summed E-state index contributed by atoms with van der Waals surface area (Å²) >= 11 is 0. The van der Waals surface area contributed by atoms with Crippen molar-refractivity contribution in [2.24, 2.45) is 0 Å². The number of benzene rings is 2. The number of nitrogens with zero attached hydrogens (tertiary/aromatic N) is 2. The molecular formula is C19H23N3O5S. The van der Waals surface area contributed by atoms with Gasteiger partial charge in [-0.2, -0.15) is 12.7 Å². The average Bonchev–Trinajstić information content (AvgIpc) is 2.68. The number of carbonyl (C=O) groups excluding carboxylic acids is 2. The van der Waals surface area contributed by atoms with Gasteiger partial charge >= 0.3 is 16.2 Å². The maximum absolute atomic E-state index is 12.5. The van der Waals surface area contributed by atoms with E-state index in [-0.39, 0.29) is 5.91 Å². The lowest BCUT2D eigenvalue weighted by Gasteiger charge is -2.23. The van der Waals surface area contributed by atoms with E-state index in [4.69, 9.17) is 4.74 Å². The Hall–Kier alpha value is -2.91. The van der Waals surface area contributed by atoms with Gasteiger partial charge in [0.25, 0.3) is 5.91 Å². The Morgan fingerprint density at radius 2 is 1.54 bits per heavy atom. The third-order valence-electron chi connectivity index (χ3n) is 4.21. The zero-order valence-electron chi connectivity index (χ0n) is 16.4. The second-order valence-corrected chi connectivity index (χ2v) is 8.45. The molecular weight excluding hydrogens is 382 g/mol. The summed E-state index contributed by atoms with van der Waals surface area (Å²) in [7, 11) is 2.00. The monoisotopic (exact) mass is 405 g/mol. The largest absolute Gasteiger partial charge is 0.465 e. The number of aryl methyl sites for hydroxylation is 1. The quantitative estimate of drug-likeness (QED) is 0.744. The molecule has 0 aliphatic rings. The molecule has 0 aromatic heterocycles. The van der Waals surface area contributed by atoms with Crippen LogP contribution in [0.2, 0.25) is 0 Å². The molecule has 9 heteroatoms. The van der Waals surface area contributed by atoms with Crippen LogP contribution in [-0.2, 0) is 14.9 Å². The van der Waals surface area contributed by atoms with Crippen LogP contribution in [-0.4, -0.2) is 52.9 Å². The minimum absolute atomic E-state index is 0.328. The van der Waals surface area contributed by atoms with Crippen LogP contribution in [0.1, 0.15) is 26.3 Å². The summed E-state index contributed by atoms with van der Waals surface area (Å²) in [6.07, 6.45) is 0. The highest BCUT2D eigenvalue weighted by Crippen LogP contribution is 2.21. The standard InChI is InChI=1S/C19H23N3O5S/c1-13-6-7-15(19(24)27-5)12-17(13)20-18(23)14-8-10-16(11-9-14)22(4)28(25,26)21(2)3/h6-12H,1-5H3,(H,20,23). The molecule has 0 aliphatic heterocycles. The number of anilines is 2. The summed E-state index contributed by atoms with van der Waals surface area (Å²) < 4.78 is 31.3. The molecule has 2 aromatic rings. The van der Waals surface area contributed by atoms with Gasteiger partial charge in [0, 0.05) is 32.4 Å². The number of carbonyl (C=O) groups is 2. The molecule has 0 bridgehead atoms. The van der Waals surface area contributed by atoms with Gasteiger partial charge in [0.1, 0.15) is 0 Å². The van der Waals surface area contributed by atoms with Crippen molar-refractivity contribution >= 4 is 33.5 Å². The fourth-order valence-corrected chi connectivity index (χ4v) is 3.27. The first-order valence-corrected chi connectivity index (χ1v) is 9.74. The van der Waals surface area contributed by atoms with Crippen LogP contribution in [0.25, 0.3) is 0 Å². The van der Waals surface area contributed by atoms with Gasteiger partial charge in [0.2, 0.25) is 0 Å². The maximum atomic E-state index is 12.5. The Morgan fingerprint density at radius 1 is 0.964 bits per heavy atom. The summed E-state index contributed by atoms with van der Waals surface area (Å²) in [5.74, 6) is -0.875. The molecule has 0 saturated heterocycles. The van der Waals surface area contributed by atoms with Crippen LogP contribution < -0.4 is 9.62 Å². The maximum Gasteiger partial charge on any atom is 0.337 e.